The zero-order chi connectivity index (χ0) is 16.8. The van der Waals surface area contributed by atoms with Crippen molar-refractivity contribution in [3.05, 3.63) is 17.5 Å². The molecule has 9 heteroatoms. The van der Waals surface area contributed by atoms with Crippen LogP contribution < -0.4 is 11.1 Å². The smallest absolute Gasteiger partial charge is 0.370 e. The summed E-state index contributed by atoms with van der Waals surface area (Å²) >= 11 is 0. The summed E-state index contributed by atoms with van der Waals surface area (Å²) in [6.07, 6.45) is -1.63. The Morgan fingerprint density at radius 2 is 2.00 bits per heavy atom. The van der Waals surface area contributed by atoms with Crippen molar-refractivity contribution in [2.45, 2.75) is 50.4 Å². The van der Waals surface area contributed by atoms with Gasteiger partial charge in [0.25, 0.3) is 5.91 Å². The molecule has 0 aromatic carbocycles. The van der Waals surface area contributed by atoms with Gasteiger partial charge in [0.15, 0.2) is 5.69 Å². The molecule has 0 atom stereocenters. The summed E-state index contributed by atoms with van der Waals surface area (Å²) < 4.78 is 39.5. The maximum absolute atomic E-state index is 12.8. The quantitative estimate of drug-likeness (QED) is 0.859. The number of alkyl halides is 3. The first-order valence-electron chi connectivity index (χ1n) is 7.50. The van der Waals surface area contributed by atoms with Crippen LogP contribution in [-0.2, 0) is 11.0 Å². The van der Waals surface area contributed by atoms with E-state index in [-0.39, 0.29) is 36.0 Å². The van der Waals surface area contributed by atoms with Crippen LogP contribution in [0.5, 0.6) is 0 Å². The summed E-state index contributed by atoms with van der Waals surface area (Å²) in [4.78, 5) is 23.0. The molecule has 2 fully saturated rings. The van der Waals surface area contributed by atoms with Gasteiger partial charge in [-0.2, -0.15) is 18.3 Å². The van der Waals surface area contributed by atoms with E-state index in [1.807, 2.05) is 0 Å². The van der Waals surface area contributed by atoms with E-state index in [9.17, 15) is 22.8 Å². The summed E-state index contributed by atoms with van der Waals surface area (Å²) in [5, 5.41) is 6.24. The van der Waals surface area contributed by atoms with Crippen LogP contribution >= 0.6 is 0 Å². The van der Waals surface area contributed by atoms with E-state index >= 15 is 0 Å². The number of rotatable bonds is 5. The van der Waals surface area contributed by atoms with Crippen molar-refractivity contribution in [2.24, 2.45) is 11.7 Å². The minimum Gasteiger partial charge on any atom is -0.370 e. The van der Waals surface area contributed by atoms with Gasteiger partial charge in [0.2, 0.25) is 5.91 Å². The molecule has 2 saturated carbocycles. The first-order chi connectivity index (χ1) is 10.7. The van der Waals surface area contributed by atoms with Gasteiger partial charge in [-0.15, -0.1) is 0 Å². The lowest BCUT2D eigenvalue weighted by Crippen LogP contribution is -2.45. The van der Waals surface area contributed by atoms with Crippen molar-refractivity contribution in [2.75, 3.05) is 0 Å². The van der Waals surface area contributed by atoms with Crippen molar-refractivity contribution in [3.63, 3.8) is 0 Å². The highest BCUT2D eigenvalue weighted by Crippen LogP contribution is 2.38. The van der Waals surface area contributed by atoms with Crippen LogP contribution in [0.4, 0.5) is 13.2 Å². The SMILES string of the molecule is NC(=O)CC1CC(NC(=O)c2cc(C(F)(F)F)nn2C2CC2)C1. The molecule has 126 valence electrons. The average Bonchev–Trinajstić information content (AvgIpc) is 3.12. The molecule has 3 rings (SSSR count). The Kier molecular flexibility index (Phi) is 3.81. The van der Waals surface area contributed by atoms with Crippen LogP contribution in [-0.4, -0.2) is 27.6 Å². The van der Waals surface area contributed by atoms with E-state index < -0.39 is 17.8 Å². The molecule has 6 nitrogen and oxygen atoms in total. The summed E-state index contributed by atoms with van der Waals surface area (Å²) in [5.41, 5.74) is 4.00. The molecule has 3 N–H and O–H groups in total. The average molecular weight is 330 g/mol. The number of hydrogen-bond acceptors (Lipinski definition) is 3. The Labute approximate surface area is 130 Å². The first kappa shape index (κ1) is 15.8. The second kappa shape index (κ2) is 5.54. The van der Waals surface area contributed by atoms with E-state index in [1.54, 1.807) is 0 Å². The number of halogens is 3. The van der Waals surface area contributed by atoms with Crippen molar-refractivity contribution >= 4 is 11.8 Å². The van der Waals surface area contributed by atoms with Crippen LogP contribution in [0.1, 0.15) is 54.3 Å². The highest BCUT2D eigenvalue weighted by Gasteiger charge is 2.39. The molecule has 2 aliphatic carbocycles. The highest BCUT2D eigenvalue weighted by molar-refractivity contribution is 5.93. The lowest BCUT2D eigenvalue weighted by Gasteiger charge is -2.35. The molecule has 0 spiro atoms. The topological polar surface area (TPSA) is 90.0 Å². The third-order valence-electron chi connectivity index (χ3n) is 4.21. The van der Waals surface area contributed by atoms with Crippen LogP contribution in [0.3, 0.4) is 0 Å². The van der Waals surface area contributed by atoms with Gasteiger partial charge < -0.3 is 11.1 Å². The normalized spacial score (nSPS) is 24.1. The lowest BCUT2D eigenvalue weighted by atomic mass is 9.78. The van der Waals surface area contributed by atoms with Crippen LogP contribution in [0.15, 0.2) is 6.07 Å². The van der Waals surface area contributed by atoms with Crippen molar-refractivity contribution in [1.29, 1.82) is 0 Å². The van der Waals surface area contributed by atoms with Crippen LogP contribution in [0.25, 0.3) is 0 Å². The molecule has 0 aliphatic heterocycles. The summed E-state index contributed by atoms with van der Waals surface area (Å²) in [5.74, 6) is -0.805. The molecule has 0 saturated heterocycles. The molecule has 2 amide bonds. The molecule has 1 aromatic rings. The Balaban J connectivity index is 1.66. The van der Waals surface area contributed by atoms with Crippen molar-refractivity contribution < 1.29 is 22.8 Å². The zero-order valence-corrected chi connectivity index (χ0v) is 12.3. The number of carbonyl (C=O) groups excluding carboxylic acids is 2. The van der Waals surface area contributed by atoms with Gasteiger partial charge in [-0.3, -0.25) is 14.3 Å². The number of amides is 2. The molecule has 0 unspecified atom stereocenters. The maximum Gasteiger partial charge on any atom is 0.435 e. The van der Waals surface area contributed by atoms with Gasteiger partial charge in [0.05, 0.1) is 6.04 Å². The Morgan fingerprint density at radius 1 is 1.35 bits per heavy atom. The lowest BCUT2D eigenvalue weighted by molar-refractivity contribution is -0.141. The zero-order valence-electron chi connectivity index (χ0n) is 12.3. The van der Waals surface area contributed by atoms with Gasteiger partial charge in [-0.1, -0.05) is 0 Å². The standard InChI is InChI=1S/C14H17F3N4O2/c15-14(16,17)11-6-10(21(20-11)9-1-2-9)13(23)19-8-3-7(4-8)5-12(18)22/h6-9H,1-5H2,(H2,18,22)(H,19,23). The Hall–Kier alpha value is -2.06. The second-order valence-electron chi connectivity index (χ2n) is 6.27. The van der Waals surface area contributed by atoms with E-state index in [4.69, 9.17) is 5.73 Å². The minimum atomic E-state index is -4.57. The number of nitrogens with zero attached hydrogens (tertiary/aromatic N) is 2. The van der Waals surface area contributed by atoms with Gasteiger partial charge in [0.1, 0.15) is 5.69 Å². The number of carbonyl (C=O) groups is 2. The third-order valence-corrected chi connectivity index (χ3v) is 4.21. The van der Waals surface area contributed by atoms with Gasteiger partial charge in [-0.25, -0.2) is 0 Å². The van der Waals surface area contributed by atoms with Crippen LogP contribution in [0, 0.1) is 5.92 Å². The minimum absolute atomic E-state index is 0.0572. The van der Waals surface area contributed by atoms with Gasteiger partial charge >= 0.3 is 6.18 Å². The molecule has 1 heterocycles. The van der Waals surface area contributed by atoms with Crippen molar-refractivity contribution in [1.82, 2.24) is 15.1 Å². The van der Waals surface area contributed by atoms with E-state index in [0.717, 1.165) is 18.9 Å². The van der Waals surface area contributed by atoms with E-state index in [2.05, 4.69) is 10.4 Å². The summed E-state index contributed by atoms with van der Waals surface area (Å²) in [7, 11) is 0. The number of aromatic nitrogens is 2. The molecular weight excluding hydrogens is 313 g/mol. The van der Waals surface area contributed by atoms with E-state index in [1.165, 1.54) is 4.68 Å². The molecule has 2 aliphatic rings. The predicted molar refractivity (Wildman–Crippen MR) is 73.3 cm³/mol. The van der Waals surface area contributed by atoms with E-state index in [0.29, 0.717) is 12.8 Å². The molecule has 23 heavy (non-hydrogen) atoms. The third kappa shape index (κ3) is 3.48. The second-order valence-corrected chi connectivity index (χ2v) is 6.27. The summed E-state index contributed by atoms with van der Waals surface area (Å²) in [6.45, 7) is 0. The Bertz CT molecular complexity index is 630. The molecule has 1 aromatic heterocycles. The molecule has 0 bridgehead atoms. The summed E-state index contributed by atoms with van der Waals surface area (Å²) in [6, 6.07) is 0.535. The fraction of sp³-hybridized carbons (Fsp3) is 0.643. The monoisotopic (exact) mass is 330 g/mol. The largest absolute Gasteiger partial charge is 0.435 e. The number of hydrogen-bond donors (Lipinski definition) is 2. The fourth-order valence-corrected chi connectivity index (χ4v) is 2.86. The Morgan fingerprint density at radius 3 is 2.52 bits per heavy atom. The maximum atomic E-state index is 12.8. The van der Waals surface area contributed by atoms with Gasteiger partial charge in [-0.05, 0) is 31.6 Å². The van der Waals surface area contributed by atoms with Crippen molar-refractivity contribution in [3.8, 4) is 0 Å². The number of nitrogens with two attached hydrogens (primary N) is 1. The van der Waals surface area contributed by atoms with Gasteiger partial charge in [0, 0.05) is 18.5 Å². The molecular formula is C14H17F3N4O2. The highest BCUT2D eigenvalue weighted by atomic mass is 19.4. The predicted octanol–water partition coefficient (Wildman–Crippen LogP) is 1.62. The first-order valence-corrected chi connectivity index (χ1v) is 7.50. The van der Waals surface area contributed by atoms with Crippen LogP contribution in [0.2, 0.25) is 0 Å². The fourth-order valence-electron chi connectivity index (χ4n) is 2.86. The molecule has 0 radical (unpaired) electrons. The number of primary amides is 1. The number of nitrogens with one attached hydrogen (secondary N) is 1.